The van der Waals surface area contributed by atoms with E-state index in [1.54, 1.807) is 6.07 Å². The lowest BCUT2D eigenvalue weighted by Crippen LogP contribution is -2.13. The predicted octanol–water partition coefficient (Wildman–Crippen LogP) is 11.8. The Labute approximate surface area is 236 Å². The van der Waals surface area contributed by atoms with E-state index >= 15 is 0 Å². The number of rotatable bonds is 20. The lowest BCUT2D eigenvalue weighted by Gasteiger charge is -2.15. The lowest BCUT2D eigenvalue weighted by molar-refractivity contribution is -0.142. The summed E-state index contributed by atoms with van der Waals surface area (Å²) in [5.41, 5.74) is -2.58. The third kappa shape index (κ3) is 13.5. The molecule has 8 heteroatoms. The molecule has 0 saturated heterocycles. The lowest BCUT2D eigenvalue weighted by atomic mass is 10.0. The van der Waals surface area contributed by atoms with Crippen LogP contribution in [0.3, 0.4) is 0 Å². The van der Waals surface area contributed by atoms with Crippen molar-refractivity contribution >= 4 is 0 Å². The van der Waals surface area contributed by atoms with E-state index < -0.39 is 29.0 Å². The normalized spacial score (nSPS) is 12.3. The summed E-state index contributed by atoms with van der Waals surface area (Å²) >= 11 is 0. The van der Waals surface area contributed by atoms with Crippen LogP contribution in [0.15, 0.2) is 30.5 Å². The summed E-state index contributed by atoms with van der Waals surface area (Å²) in [7, 11) is 0. The van der Waals surface area contributed by atoms with Gasteiger partial charge in [-0.2, -0.15) is 26.3 Å². The average molecular weight is 573 g/mol. The minimum atomic E-state index is -4.96. The maximum absolute atomic E-state index is 13.5. The number of unbranched alkanes of at least 4 members (excludes halogenated alkanes) is 17. The van der Waals surface area contributed by atoms with Crippen molar-refractivity contribution in [1.29, 1.82) is 0 Å². The van der Waals surface area contributed by atoms with Crippen molar-refractivity contribution in [3.8, 4) is 11.4 Å². The van der Waals surface area contributed by atoms with Crippen molar-refractivity contribution in [2.24, 2.45) is 0 Å². The van der Waals surface area contributed by atoms with Gasteiger partial charge in [0.25, 0.3) is 0 Å². The van der Waals surface area contributed by atoms with Crippen molar-refractivity contribution in [2.75, 3.05) is 0 Å². The van der Waals surface area contributed by atoms with Gasteiger partial charge in [0.05, 0.1) is 11.1 Å². The zero-order valence-corrected chi connectivity index (χ0v) is 24.0. The maximum Gasteiger partial charge on any atom is 0.417 e. The predicted molar refractivity (Wildman–Crippen MR) is 150 cm³/mol. The molecule has 1 aromatic carbocycles. The number of aryl methyl sites for hydroxylation is 1. The smallest absolute Gasteiger partial charge is 0.237 e. The van der Waals surface area contributed by atoms with Crippen molar-refractivity contribution in [3.05, 3.63) is 47.3 Å². The van der Waals surface area contributed by atoms with Gasteiger partial charge in [0, 0.05) is 17.5 Å². The summed E-state index contributed by atoms with van der Waals surface area (Å²) in [4.78, 5) is 8.14. The Morgan fingerprint density at radius 1 is 0.575 bits per heavy atom. The van der Waals surface area contributed by atoms with Gasteiger partial charge in [0.1, 0.15) is 0 Å². The Kier molecular flexibility index (Phi) is 15.6. The Bertz CT molecular complexity index is 955. The van der Waals surface area contributed by atoms with E-state index in [2.05, 4.69) is 16.9 Å². The van der Waals surface area contributed by atoms with Crippen LogP contribution >= 0.6 is 0 Å². The molecule has 0 unspecified atom stereocenters. The molecule has 2 aromatic rings. The zero-order valence-electron chi connectivity index (χ0n) is 24.0. The van der Waals surface area contributed by atoms with Gasteiger partial charge in [0.15, 0.2) is 5.82 Å². The minimum Gasteiger partial charge on any atom is -0.237 e. The molecule has 0 radical (unpaired) electrons. The molecule has 0 N–H and O–H groups in total. The van der Waals surface area contributed by atoms with Gasteiger partial charge in [-0.15, -0.1) is 0 Å². The summed E-state index contributed by atoms with van der Waals surface area (Å²) in [6.07, 6.45) is 15.1. The fourth-order valence-corrected chi connectivity index (χ4v) is 5.02. The molecule has 0 atom stereocenters. The number of benzene rings is 1. The number of hydrogen-bond acceptors (Lipinski definition) is 2. The molecule has 0 spiro atoms. The van der Waals surface area contributed by atoms with Gasteiger partial charge in [-0.05, 0) is 37.1 Å². The van der Waals surface area contributed by atoms with Crippen molar-refractivity contribution in [1.82, 2.24) is 9.97 Å². The van der Waals surface area contributed by atoms with Gasteiger partial charge < -0.3 is 0 Å². The first kappa shape index (κ1) is 34.1. The van der Waals surface area contributed by atoms with Crippen LogP contribution in [-0.2, 0) is 18.8 Å². The molecule has 1 aromatic heterocycles. The fraction of sp³-hybridized carbons (Fsp3) is 0.688. The summed E-state index contributed by atoms with van der Waals surface area (Å²) in [6, 6.07) is 3.22. The Morgan fingerprint density at radius 3 is 1.50 bits per heavy atom. The van der Waals surface area contributed by atoms with Crippen molar-refractivity contribution < 1.29 is 26.3 Å². The zero-order chi connectivity index (χ0) is 29.3. The van der Waals surface area contributed by atoms with E-state index in [0.29, 0.717) is 18.2 Å². The quantitative estimate of drug-likeness (QED) is 0.116. The van der Waals surface area contributed by atoms with Crippen LogP contribution in [-0.4, -0.2) is 9.97 Å². The van der Waals surface area contributed by atoms with Crippen LogP contribution in [0.2, 0.25) is 0 Å². The molecule has 2 rings (SSSR count). The molecule has 0 bridgehead atoms. The Morgan fingerprint density at radius 2 is 1.05 bits per heavy atom. The highest BCUT2D eigenvalue weighted by Crippen LogP contribution is 2.40. The van der Waals surface area contributed by atoms with Crippen LogP contribution in [0.25, 0.3) is 11.4 Å². The van der Waals surface area contributed by atoms with Gasteiger partial charge >= 0.3 is 12.4 Å². The van der Waals surface area contributed by atoms with Gasteiger partial charge in [0.2, 0.25) is 0 Å². The third-order valence-corrected chi connectivity index (χ3v) is 7.39. The van der Waals surface area contributed by atoms with Crippen LogP contribution in [0.4, 0.5) is 26.3 Å². The molecule has 1 heterocycles. The topological polar surface area (TPSA) is 25.8 Å². The van der Waals surface area contributed by atoms with E-state index in [9.17, 15) is 26.3 Å². The highest BCUT2D eigenvalue weighted by atomic mass is 19.4. The first-order chi connectivity index (χ1) is 19.1. The minimum absolute atomic E-state index is 0.128. The number of hydrogen-bond donors (Lipinski definition) is 0. The van der Waals surface area contributed by atoms with E-state index in [1.165, 1.54) is 103 Å². The van der Waals surface area contributed by atoms with Crippen LogP contribution in [0, 0.1) is 0 Å². The number of nitrogens with zero attached hydrogens (tertiary/aromatic N) is 2. The summed E-state index contributed by atoms with van der Waals surface area (Å²) < 4.78 is 79.4. The molecule has 0 aliphatic heterocycles. The summed E-state index contributed by atoms with van der Waals surface area (Å²) in [5.74, 6) is -0.207. The first-order valence-corrected chi connectivity index (χ1v) is 15.2. The maximum atomic E-state index is 13.5. The molecule has 2 nitrogen and oxygen atoms in total. The third-order valence-electron chi connectivity index (χ3n) is 7.39. The largest absolute Gasteiger partial charge is 0.417 e. The summed E-state index contributed by atoms with van der Waals surface area (Å²) in [5, 5.41) is 0. The molecule has 226 valence electrons. The fourth-order valence-electron chi connectivity index (χ4n) is 5.02. The van der Waals surface area contributed by atoms with E-state index in [-0.39, 0.29) is 11.9 Å². The van der Waals surface area contributed by atoms with Crippen molar-refractivity contribution in [2.45, 2.75) is 141 Å². The summed E-state index contributed by atoms with van der Waals surface area (Å²) in [6.45, 7) is 2.25. The van der Waals surface area contributed by atoms with Crippen LogP contribution in [0.5, 0.6) is 0 Å². The van der Waals surface area contributed by atoms with Gasteiger partial charge in [-0.1, -0.05) is 116 Å². The first-order valence-electron chi connectivity index (χ1n) is 15.2. The van der Waals surface area contributed by atoms with Crippen LogP contribution < -0.4 is 0 Å². The van der Waals surface area contributed by atoms with E-state index in [0.717, 1.165) is 25.3 Å². The van der Waals surface area contributed by atoms with E-state index in [4.69, 9.17) is 0 Å². The standard InChI is InChI=1S/C32H46F6N2/c1-2-3-4-5-6-7-8-9-10-11-12-13-14-15-16-17-18-19-20-27-23-24-39-30(40-27)28-22-21-26(31(33,34)35)25-29(28)32(36,37)38/h21-25H,2-20H2,1H3. The highest BCUT2D eigenvalue weighted by molar-refractivity contribution is 5.62. The van der Waals surface area contributed by atoms with Crippen molar-refractivity contribution in [3.63, 3.8) is 0 Å². The van der Waals surface area contributed by atoms with E-state index in [1.807, 2.05) is 0 Å². The van der Waals surface area contributed by atoms with Crippen LogP contribution in [0.1, 0.15) is 139 Å². The molecule has 0 saturated carbocycles. The number of alkyl halides is 6. The second-order valence-electron chi connectivity index (χ2n) is 10.9. The molecule has 40 heavy (non-hydrogen) atoms. The van der Waals surface area contributed by atoms with Gasteiger partial charge in [-0.25, -0.2) is 9.97 Å². The SMILES string of the molecule is CCCCCCCCCCCCCCCCCCCCc1ccnc(-c2ccc(C(F)(F)F)cc2C(F)(F)F)n1. The second kappa shape index (κ2) is 18.3. The number of aromatic nitrogens is 2. The Hall–Kier alpha value is -2.12. The Balaban J connectivity index is 1.61. The molecular formula is C32H46F6N2. The molecular weight excluding hydrogens is 526 g/mol. The molecule has 0 amide bonds. The average Bonchev–Trinajstić information content (AvgIpc) is 2.91. The second-order valence-corrected chi connectivity index (χ2v) is 10.9. The van der Waals surface area contributed by atoms with Gasteiger partial charge in [-0.3, -0.25) is 0 Å². The molecule has 0 fully saturated rings. The molecule has 0 aliphatic rings. The number of halogens is 6. The molecule has 0 aliphatic carbocycles. The monoisotopic (exact) mass is 572 g/mol. The highest BCUT2D eigenvalue weighted by Gasteiger charge is 2.38.